The summed E-state index contributed by atoms with van der Waals surface area (Å²) in [5.41, 5.74) is 0.604. The van der Waals surface area contributed by atoms with Crippen molar-refractivity contribution in [2.24, 2.45) is 5.92 Å². The first-order valence-corrected chi connectivity index (χ1v) is 8.13. The Kier molecular flexibility index (Phi) is 4.36. The van der Waals surface area contributed by atoms with Crippen molar-refractivity contribution in [3.8, 4) is 0 Å². The summed E-state index contributed by atoms with van der Waals surface area (Å²) in [6.45, 7) is 2.06. The minimum Gasteiger partial charge on any atom is -0.481 e. The van der Waals surface area contributed by atoms with Gasteiger partial charge in [0.25, 0.3) is 0 Å². The molecule has 0 aliphatic carbocycles. The minimum absolute atomic E-state index is 0.0175. The molecule has 110 valence electrons. The summed E-state index contributed by atoms with van der Waals surface area (Å²) in [4.78, 5) is 11.2. The Morgan fingerprint density at radius 2 is 2.15 bits per heavy atom. The lowest BCUT2D eigenvalue weighted by Crippen LogP contribution is -2.42. The van der Waals surface area contributed by atoms with E-state index in [2.05, 4.69) is 0 Å². The molecule has 1 aliphatic rings. The number of nitrogens with zero attached hydrogens (tertiary/aromatic N) is 1. The number of piperidine rings is 1. The highest BCUT2D eigenvalue weighted by Gasteiger charge is 2.33. The molecule has 1 atom stereocenters. The number of hydrogen-bond acceptors (Lipinski definition) is 3. The van der Waals surface area contributed by atoms with Crippen LogP contribution < -0.4 is 0 Å². The molecule has 1 aromatic carbocycles. The summed E-state index contributed by atoms with van der Waals surface area (Å²) in [6, 6.07) is 4.69. The van der Waals surface area contributed by atoms with Crippen LogP contribution in [0.4, 0.5) is 0 Å². The van der Waals surface area contributed by atoms with E-state index in [0.717, 1.165) is 0 Å². The molecule has 5 nitrogen and oxygen atoms in total. The van der Waals surface area contributed by atoms with Gasteiger partial charge in [-0.05, 0) is 37.5 Å². The van der Waals surface area contributed by atoms with Gasteiger partial charge < -0.3 is 5.11 Å². The molecule has 1 heterocycles. The Balaban J connectivity index is 2.35. The number of carboxylic acid groups (broad SMARTS) is 1. The second-order valence-corrected chi connectivity index (χ2v) is 7.29. The van der Waals surface area contributed by atoms with E-state index < -0.39 is 21.9 Å². The largest absolute Gasteiger partial charge is 0.481 e. The highest BCUT2D eigenvalue weighted by molar-refractivity contribution is 7.89. The van der Waals surface area contributed by atoms with Crippen LogP contribution >= 0.6 is 11.6 Å². The first kappa shape index (κ1) is 15.3. The van der Waals surface area contributed by atoms with Crippen molar-refractivity contribution in [2.75, 3.05) is 13.1 Å². The SMILES string of the molecule is Cc1ccc(Cl)cc1S(=O)(=O)N1CCC[C@H](C(=O)O)C1. The van der Waals surface area contributed by atoms with E-state index in [1.807, 2.05) is 0 Å². The van der Waals surface area contributed by atoms with Crippen LogP contribution in [0, 0.1) is 12.8 Å². The molecule has 0 amide bonds. The highest BCUT2D eigenvalue weighted by Crippen LogP contribution is 2.27. The molecule has 1 aromatic rings. The van der Waals surface area contributed by atoms with Gasteiger partial charge in [0.2, 0.25) is 10.0 Å². The fourth-order valence-electron chi connectivity index (χ4n) is 2.35. The van der Waals surface area contributed by atoms with Crippen LogP contribution in [0.3, 0.4) is 0 Å². The number of hydrogen-bond donors (Lipinski definition) is 1. The molecule has 20 heavy (non-hydrogen) atoms. The van der Waals surface area contributed by atoms with Gasteiger partial charge in [-0.2, -0.15) is 4.31 Å². The number of carboxylic acids is 1. The third kappa shape index (κ3) is 2.97. The predicted molar refractivity (Wildman–Crippen MR) is 75.3 cm³/mol. The van der Waals surface area contributed by atoms with Crippen molar-refractivity contribution in [3.63, 3.8) is 0 Å². The molecular formula is C13H16ClNO4S. The van der Waals surface area contributed by atoms with Gasteiger partial charge in [0.1, 0.15) is 0 Å². The number of halogens is 1. The lowest BCUT2D eigenvalue weighted by Gasteiger charge is -2.30. The maximum atomic E-state index is 12.6. The van der Waals surface area contributed by atoms with E-state index in [1.54, 1.807) is 19.1 Å². The zero-order valence-electron chi connectivity index (χ0n) is 11.0. The summed E-state index contributed by atoms with van der Waals surface area (Å²) < 4.78 is 26.4. The van der Waals surface area contributed by atoms with Crippen molar-refractivity contribution >= 4 is 27.6 Å². The average molecular weight is 318 g/mol. The third-order valence-corrected chi connectivity index (χ3v) is 5.74. The number of aliphatic carboxylic acids is 1. The van der Waals surface area contributed by atoms with Crippen LogP contribution in [0.25, 0.3) is 0 Å². The molecule has 0 aromatic heterocycles. The quantitative estimate of drug-likeness (QED) is 0.926. The lowest BCUT2D eigenvalue weighted by atomic mass is 10.0. The standard InChI is InChI=1S/C13H16ClNO4S/c1-9-4-5-11(14)7-12(9)20(18,19)15-6-2-3-10(8-15)13(16)17/h4-5,7,10H,2-3,6,8H2,1H3,(H,16,17)/t10-/m0/s1. The van der Waals surface area contributed by atoms with Gasteiger partial charge in [-0.25, -0.2) is 8.42 Å². The molecule has 1 N–H and O–H groups in total. The molecule has 0 saturated carbocycles. The third-order valence-electron chi connectivity index (χ3n) is 3.50. The second kappa shape index (κ2) is 5.71. The van der Waals surface area contributed by atoms with E-state index in [9.17, 15) is 13.2 Å². The maximum absolute atomic E-state index is 12.6. The summed E-state index contributed by atoms with van der Waals surface area (Å²) in [7, 11) is -3.70. The molecule has 1 aliphatic heterocycles. The molecule has 1 fully saturated rings. The number of benzene rings is 1. The van der Waals surface area contributed by atoms with Crippen molar-refractivity contribution in [2.45, 2.75) is 24.7 Å². The van der Waals surface area contributed by atoms with Crippen LogP contribution in [0.5, 0.6) is 0 Å². The molecule has 2 rings (SSSR count). The molecule has 0 spiro atoms. The summed E-state index contributed by atoms with van der Waals surface area (Å²) >= 11 is 5.86. The van der Waals surface area contributed by atoms with Gasteiger partial charge >= 0.3 is 5.97 Å². The van der Waals surface area contributed by atoms with Crippen molar-refractivity contribution in [3.05, 3.63) is 28.8 Å². The smallest absolute Gasteiger partial charge is 0.307 e. The van der Waals surface area contributed by atoms with Gasteiger partial charge in [0.15, 0.2) is 0 Å². The lowest BCUT2D eigenvalue weighted by molar-refractivity contribution is -0.142. The zero-order chi connectivity index (χ0) is 14.9. The number of sulfonamides is 1. The molecule has 0 unspecified atom stereocenters. The Morgan fingerprint density at radius 3 is 2.80 bits per heavy atom. The maximum Gasteiger partial charge on any atom is 0.307 e. The van der Waals surface area contributed by atoms with Crippen molar-refractivity contribution in [1.82, 2.24) is 4.31 Å². The predicted octanol–water partition coefficient (Wildman–Crippen LogP) is 2.13. The van der Waals surface area contributed by atoms with Crippen molar-refractivity contribution in [1.29, 1.82) is 0 Å². The van der Waals surface area contributed by atoms with Gasteiger partial charge in [0, 0.05) is 18.1 Å². The Morgan fingerprint density at radius 1 is 1.45 bits per heavy atom. The average Bonchev–Trinajstić information content (AvgIpc) is 2.41. The van der Waals surface area contributed by atoms with Crippen molar-refractivity contribution < 1.29 is 18.3 Å². The second-order valence-electron chi connectivity index (χ2n) is 4.95. The number of carbonyl (C=O) groups is 1. The minimum atomic E-state index is -3.70. The van der Waals surface area contributed by atoms with Crippen LogP contribution in [0.2, 0.25) is 5.02 Å². The van der Waals surface area contributed by atoms with E-state index in [4.69, 9.17) is 16.7 Å². The van der Waals surface area contributed by atoms with Gasteiger partial charge in [-0.3, -0.25) is 4.79 Å². The fraction of sp³-hybridized carbons (Fsp3) is 0.462. The van der Waals surface area contributed by atoms with Gasteiger partial charge in [-0.15, -0.1) is 0 Å². The normalized spacial score (nSPS) is 20.8. The van der Waals surface area contributed by atoms with Gasteiger partial charge in [0.05, 0.1) is 10.8 Å². The zero-order valence-corrected chi connectivity index (χ0v) is 12.6. The highest BCUT2D eigenvalue weighted by atomic mass is 35.5. The van der Waals surface area contributed by atoms with Crippen LogP contribution in [-0.4, -0.2) is 36.9 Å². The number of rotatable bonds is 3. The van der Waals surface area contributed by atoms with Crippen LogP contribution in [-0.2, 0) is 14.8 Å². The molecule has 7 heteroatoms. The van der Waals surface area contributed by atoms with E-state index in [1.165, 1.54) is 10.4 Å². The first-order valence-electron chi connectivity index (χ1n) is 6.31. The first-order chi connectivity index (χ1) is 9.32. The van der Waals surface area contributed by atoms with Crippen LogP contribution in [0.15, 0.2) is 23.1 Å². The molecular weight excluding hydrogens is 302 g/mol. The van der Waals surface area contributed by atoms with E-state index >= 15 is 0 Å². The van der Waals surface area contributed by atoms with E-state index in [0.29, 0.717) is 30.0 Å². The number of aryl methyl sites for hydroxylation is 1. The Hall–Kier alpha value is -1.11. The monoisotopic (exact) mass is 317 g/mol. The summed E-state index contributed by atoms with van der Waals surface area (Å²) in [5, 5.41) is 9.40. The summed E-state index contributed by atoms with van der Waals surface area (Å²) in [6.07, 6.45) is 1.06. The van der Waals surface area contributed by atoms with Gasteiger partial charge in [-0.1, -0.05) is 17.7 Å². The Bertz CT molecular complexity index is 629. The topological polar surface area (TPSA) is 74.7 Å². The summed E-state index contributed by atoms with van der Waals surface area (Å²) in [5.74, 6) is -1.59. The molecule has 1 saturated heterocycles. The fourth-order valence-corrected chi connectivity index (χ4v) is 4.36. The van der Waals surface area contributed by atoms with Crippen LogP contribution in [0.1, 0.15) is 18.4 Å². The Labute approximate surface area is 123 Å². The molecule has 0 radical (unpaired) electrons. The molecule has 0 bridgehead atoms. The van der Waals surface area contributed by atoms with E-state index in [-0.39, 0.29) is 11.4 Å².